The van der Waals surface area contributed by atoms with Crippen molar-refractivity contribution in [2.75, 3.05) is 18.2 Å². The molecule has 2 aliphatic rings. The molecule has 1 aliphatic heterocycles. The van der Waals surface area contributed by atoms with E-state index in [0.29, 0.717) is 5.92 Å². The number of hydrogen-bond donors (Lipinski definition) is 2. The van der Waals surface area contributed by atoms with Crippen molar-refractivity contribution in [1.82, 2.24) is 9.97 Å². The fraction of sp³-hybridized carbons (Fsp3) is 0.636. The minimum atomic E-state index is 0.176. The topological polar surface area (TPSA) is 73.1 Å². The Hall–Kier alpha value is -0.850. The SMILES string of the molecule is CSc1cc(NC2C(N)C3CCOC32)ncn1. The summed E-state index contributed by atoms with van der Waals surface area (Å²) >= 11 is 1.60. The Morgan fingerprint density at radius 2 is 2.41 bits per heavy atom. The molecular weight excluding hydrogens is 236 g/mol. The van der Waals surface area contributed by atoms with Gasteiger partial charge in [-0.2, -0.15) is 0 Å². The average Bonchev–Trinajstić information content (AvgIpc) is 2.81. The second-order valence-electron chi connectivity index (χ2n) is 4.48. The van der Waals surface area contributed by atoms with Crippen LogP contribution in [0.15, 0.2) is 17.4 Å². The molecule has 3 N–H and O–H groups in total. The molecule has 3 rings (SSSR count). The number of hydrogen-bond acceptors (Lipinski definition) is 6. The molecule has 1 aliphatic carbocycles. The van der Waals surface area contributed by atoms with Gasteiger partial charge in [0.15, 0.2) is 0 Å². The van der Waals surface area contributed by atoms with Gasteiger partial charge in [0.05, 0.1) is 12.1 Å². The number of rotatable bonds is 3. The van der Waals surface area contributed by atoms with Crippen LogP contribution in [0.4, 0.5) is 5.82 Å². The minimum absolute atomic E-state index is 0.176. The van der Waals surface area contributed by atoms with E-state index >= 15 is 0 Å². The highest BCUT2D eigenvalue weighted by atomic mass is 32.2. The fourth-order valence-electron chi connectivity index (χ4n) is 2.63. The number of fused-ring (bicyclic) bond motifs is 1. The summed E-state index contributed by atoms with van der Waals surface area (Å²) in [5.41, 5.74) is 6.14. The maximum Gasteiger partial charge on any atom is 0.130 e. The molecule has 1 saturated carbocycles. The van der Waals surface area contributed by atoms with Crippen molar-refractivity contribution in [2.45, 2.75) is 29.6 Å². The van der Waals surface area contributed by atoms with Crippen LogP contribution in [0.1, 0.15) is 6.42 Å². The lowest BCUT2D eigenvalue weighted by atomic mass is 9.72. The first kappa shape index (κ1) is 11.3. The summed E-state index contributed by atoms with van der Waals surface area (Å²) in [6.07, 6.45) is 4.92. The molecule has 0 aromatic carbocycles. The number of ether oxygens (including phenoxy) is 1. The number of thioether (sulfide) groups is 1. The largest absolute Gasteiger partial charge is 0.376 e. The molecule has 1 aromatic heterocycles. The van der Waals surface area contributed by atoms with Gasteiger partial charge < -0.3 is 15.8 Å². The molecular formula is C11H16N4OS. The molecule has 92 valence electrons. The van der Waals surface area contributed by atoms with Crippen LogP contribution < -0.4 is 11.1 Å². The van der Waals surface area contributed by atoms with E-state index in [1.54, 1.807) is 18.1 Å². The molecule has 6 heteroatoms. The van der Waals surface area contributed by atoms with Crippen LogP contribution in [0.3, 0.4) is 0 Å². The molecule has 4 unspecified atom stereocenters. The van der Waals surface area contributed by atoms with E-state index in [1.807, 2.05) is 12.3 Å². The number of nitrogens with one attached hydrogen (secondary N) is 1. The maximum absolute atomic E-state index is 6.14. The molecule has 0 amide bonds. The van der Waals surface area contributed by atoms with Crippen molar-refractivity contribution < 1.29 is 4.74 Å². The van der Waals surface area contributed by atoms with Gasteiger partial charge in [-0.25, -0.2) is 9.97 Å². The zero-order valence-corrected chi connectivity index (χ0v) is 10.5. The van der Waals surface area contributed by atoms with Crippen molar-refractivity contribution in [3.63, 3.8) is 0 Å². The van der Waals surface area contributed by atoms with Crippen LogP contribution >= 0.6 is 11.8 Å². The molecule has 0 spiro atoms. The van der Waals surface area contributed by atoms with E-state index in [9.17, 15) is 0 Å². The average molecular weight is 252 g/mol. The summed E-state index contributed by atoms with van der Waals surface area (Å²) in [7, 11) is 0. The summed E-state index contributed by atoms with van der Waals surface area (Å²) < 4.78 is 5.67. The molecule has 0 radical (unpaired) electrons. The van der Waals surface area contributed by atoms with Gasteiger partial charge >= 0.3 is 0 Å². The Morgan fingerprint density at radius 1 is 1.53 bits per heavy atom. The van der Waals surface area contributed by atoms with Gasteiger partial charge in [-0.05, 0) is 12.7 Å². The third-order valence-corrected chi connectivity index (χ3v) is 4.25. The van der Waals surface area contributed by atoms with Crippen LogP contribution in [0.25, 0.3) is 0 Å². The van der Waals surface area contributed by atoms with Gasteiger partial charge in [-0.1, -0.05) is 0 Å². The standard InChI is InChI=1S/C11H16N4OS/c1-17-8-4-7(13-5-14-8)15-10-9(12)6-2-3-16-11(6)10/h4-6,9-11H,2-3,12H2,1H3,(H,13,14,15). The van der Waals surface area contributed by atoms with Crippen molar-refractivity contribution in [1.29, 1.82) is 0 Å². The number of aromatic nitrogens is 2. The third-order valence-electron chi connectivity index (χ3n) is 3.61. The predicted octanol–water partition coefficient (Wildman–Crippen LogP) is 0.725. The van der Waals surface area contributed by atoms with Gasteiger partial charge in [-0.3, -0.25) is 0 Å². The molecule has 4 atom stereocenters. The predicted molar refractivity (Wildman–Crippen MR) is 67.0 cm³/mol. The molecule has 2 heterocycles. The van der Waals surface area contributed by atoms with Crippen LogP contribution in [0.2, 0.25) is 0 Å². The van der Waals surface area contributed by atoms with Crippen molar-refractivity contribution in [2.24, 2.45) is 11.7 Å². The lowest BCUT2D eigenvalue weighted by molar-refractivity contribution is 0.00523. The van der Waals surface area contributed by atoms with Crippen molar-refractivity contribution in [3.05, 3.63) is 12.4 Å². The van der Waals surface area contributed by atoms with E-state index in [-0.39, 0.29) is 18.2 Å². The molecule has 2 fully saturated rings. The summed E-state index contributed by atoms with van der Waals surface area (Å²) in [5.74, 6) is 1.35. The normalized spacial score (nSPS) is 35.2. The second-order valence-corrected chi connectivity index (χ2v) is 5.31. The van der Waals surface area contributed by atoms with Crippen LogP contribution in [0, 0.1) is 5.92 Å². The van der Waals surface area contributed by atoms with E-state index in [0.717, 1.165) is 23.9 Å². The highest BCUT2D eigenvalue weighted by Crippen LogP contribution is 2.39. The van der Waals surface area contributed by atoms with Gasteiger partial charge in [0, 0.05) is 24.6 Å². The van der Waals surface area contributed by atoms with Crippen LogP contribution in [0.5, 0.6) is 0 Å². The molecule has 17 heavy (non-hydrogen) atoms. The zero-order chi connectivity index (χ0) is 11.8. The molecule has 1 aromatic rings. The lowest BCUT2D eigenvalue weighted by Crippen LogP contribution is -2.65. The number of nitrogens with zero attached hydrogens (tertiary/aromatic N) is 2. The monoisotopic (exact) mass is 252 g/mol. The van der Waals surface area contributed by atoms with Crippen LogP contribution in [-0.2, 0) is 4.74 Å². The Bertz CT molecular complexity index is 416. The number of anilines is 1. The second kappa shape index (κ2) is 4.44. The van der Waals surface area contributed by atoms with E-state index in [4.69, 9.17) is 10.5 Å². The Labute approximate surface area is 105 Å². The van der Waals surface area contributed by atoms with Gasteiger partial charge in [-0.15, -0.1) is 11.8 Å². The summed E-state index contributed by atoms with van der Waals surface area (Å²) in [5, 5.41) is 4.32. The van der Waals surface area contributed by atoms with Crippen LogP contribution in [-0.4, -0.2) is 41.0 Å². The smallest absolute Gasteiger partial charge is 0.130 e. The summed E-state index contributed by atoms with van der Waals surface area (Å²) in [6, 6.07) is 2.31. The molecule has 0 bridgehead atoms. The first-order valence-electron chi connectivity index (χ1n) is 5.79. The Kier molecular flexibility index (Phi) is 2.94. The van der Waals surface area contributed by atoms with E-state index in [1.165, 1.54) is 0 Å². The van der Waals surface area contributed by atoms with Crippen molar-refractivity contribution >= 4 is 17.6 Å². The van der Waals surface area contributed by atoms with E-state index in [2.05, 4.69) is 15.3 Å². The lowest BCUT2D eigenvalue weighted by Gasteiger charge is -2.45. The highest BCUT2D eigenvalue weighted by molar-refractivity contribution is 7.98. The van der Waals surface area contributed by atoms with Gasteiger partial charge in [0.25, 0.3) is 0 Å². The summed E-state index contributed by atoms with van der Waals surface area (Å²) in [4.78, 5) is 8.36. The maximum atomic E-state index is 6.14. The van der Waals surface area contributed by atoms with Gasteiger partial charge in [0.2, 0.25) is 0 Å². The van der Waals surface area contributed by atoms with Gasteiger partial charge in [0.1, 0.15) is 17.2 Å². The fourth-order valence-corrected chi connectivity index (χ4v) is 3.01. The molecule has 5 nitrogen and oxygen atoms in total. The third kappa shape index (κ3) is 1.90. The van der Waals surface area contributed by atoms with Crippen molar-refractivity contribution in [3.8, 4) is 0 Å². The van der Waals surface area contributed by atoms with E-state index < -0.39 is 0 Å². The Morgan fingerprint density at radius 3 is 3.24 bits per heavy atom. The zero-order valence-electron chi connectivity index (χ0n) is 9.67. The Balaban J connectivity index is 1.70. The number of nitrogens with two attached hydrogens (primary N) is 1. The minimum Gasteiger partial charge on any atom is -0.376 e. The quantitative estimate of drug-likeness (QED) is 0.610. The first-order chi connectivity index (χ1) is 8.29. The summed E-state index contributed by atoms with van der Waals surface area (Å²) in [6.45, 7) is 0.834. The first-order valence-corrected chi connectivity index (χ1v) is 7.02. The molecule has 1 saturated heterocycles. The highest BCUT2D eigenvalue weighted by Gasteiger charge is 2.52.